The van der Waals surface area contributed by atoms with E-state index >= 15 is 0 Å². The molecule has 48 heavy (non-hydrogen) atoms. The van der Waals surface area contributed by atoms with Gasteiger partial charge in [0.15, 0.2) is 54.3 Å². The second-order valence-electron chi connectivity index (χ2n) is 10.3. The van der Waals surface area contributed by atoms with Crippen molar-refractivity contribution in [3.63, 3.8) is 0 Å². The van der Waals surface area contributed by atoms with Gasteiger partial charge in [-0.05, 0) is 36.4 Å². The molecule has 1 aliphatic heterocycles. The zero-order valence-corrected chi connectivity index (χ0v) is 24.6. The van der Waals surface area contributed by atoms with Gasteiger partial charge < -0.3 is 44.8 Å². The van der Waals surface area contributed by atoms with E-state index < -0.39 is 125 Å². The van der Waals surface area contributed by atoms with E-state index in [9.17, 15) is 59.4 Å². The van der Waals surface area contributed by atoms with Crippen molar-refractivity contribution in [2.75, 3.05) is 19.8 Å². The average molecular weight is 673 g/mol. The minimum absolute atomic E-state index is 0.422. The maximum atomic E-state index is 13.1. The molecule has 252 valence electrons. The van der Waals surface area contributed by atoms with Crippen LogP contribution in [-0.4, -0.2) is 104 Å². The second kappa shape index (κ2) is 14.9. The fraction of sp³-hybridized carbons (Fsp3) is 0.200. The van der Waals surface area contributed by atoms with Crippen LogP contribution in [0.15, 0.2) is 54.6 Å². The number of phenolic OH excluding ortho intramolecular Hbond substituents is 3. The van der Waals surface area contributed by atoms with Gasteiger partial charge in [-0.3, -0.25) is 16.0 Å². The highest BCUT2D eigenvalue weighted by molar-refractivity contribution is 5.94. The Hall–Kier alpha value is -6.24. The molecule has 1 saturated heterocycles. The summed E-state index contributed by atoms with van der Waals surface area (Å²) in [4.78, 5) is 78.2. The summed E-state index contributed by atoms with van der Waals surface area (Å²) in [5.74, 6) is -11.0. The van der Waals surface area contributed by atoms with Crippen LogP contribution in [-0.2, 0) is 28.6 Å². The Morgan fingerprint density at radius 1 is 0.479 bits per heavy atom. The number of amides is 3. The molecule has 0 aliphatic carbocycles. The Balaban J connectivity index is 1.63. The monoisotopic (exact) mass is 672 g/mol. The molecule has 0 unspecified atom stereocenters. The van der Waals surface area contributed by atoms with Crippen molar-refractivity contribution < 1.29 is 89.6 Å². The molecule has 0 aromatic heterocycles. The third-order valence-electron chi connectivity index (χ3n) is 7.02. The van der Waals surface area contributed by atoms with Crippen LogP contribution in [0.25, 0.3) is 0 Å². The van der Waals surface area contributed by atoms with Crippen molar-refractivity contribution in [2.45, 2.75) is 18.1 Å². The van der Waals surface area contributed by atoms with E-state index in [0.29, 0.717) is 0 Å². The van der Waals surface area contributed by atoms with Crippen LogP contribution < -0.4 is 16.0 Å². The van der Waals surface area contributed by atoms with Crippen molar-refractivity contribution in [2.24, 2.45) is 0 Å². The summed E-state index contributed by atoms with van der Waals surface area (Å²) >= 11 is 0. The van der Waals surface area contributed by atoms with Crippen molar-refractivity contribution >= 4 is 35.6 Å². The van der Waals surface area contributed by atoms with Crippen LogP contribution in [0, 0.1) is 0 Å². The number of phenols is 6. The first kappa shape index (κ1) is 34.6. The van der Waals surface area contributed by atoms with Gasteiger partial charge in [0, 0.05) is 0 Å². The lowest BCUT2D eigenvalue weighted by Crippen LogP contribution is -2.98. The predicted molar refractivity (Wildman–Crippen MR) is 152 cm³/mol. The Morgan fingerprint density at radius 3 is 0.979 bits per heavy atom. The number of aromatic hydroxyl groups is 6. The van der Waals surface area contributed by atoms with E-state index in [1.165, 1.54) is 18.2 Å². The largest absolute Gasteiger partial charge is 0.504 e. The number of carbonyl (C=O) groups excluding carboxylic acids is 6. The number of quaternary nitrogens is 3. The van der Waals surface area contributed by atoms with Gasteiger partial charge in [0.05, 0.1) is 0 Å². The van der Waals surface area contributed by atoms with Crippen LogP contribution >= 0.6 is 0 Å². The molecule has 3 aromatic rings. The number of carbonyl (C=O) groups is 6. The van der Waals surface area contributed by atoms with E-state index in [0.717, 1.165) is 52.3 Å². The Bertz CT molecular complexity index is 1570. The number of esters is 3. The molecular formula is C30H30N3O15+3. The van der Waals surface area contributed by atoms with Crippen LogP contribution in [0.5, 0.6) is 34.5 Å². The summed E-state index contributed by atoms with van der Waals surface area (Å²) in [5, 5.41) is 61.8. The first-order valence-corrected chi connectivity index (χ1v) is 14.0. The number of primary amides is 3. The molecule has 0 radical (unpaired) electrons. The molecule has 3 atom stereocenters. The lowest BCUT2D eigenvalue weighted by atomic mass is 10.1. The molecule has 0 spiro atoms. The summed E-state index contributed by atoms with van der Waals surface area (Å²) < 4.78 is 15.5. The molecule has 12 N–H and O–H groups in total. The van der Waals surface area contributed by atoms with Crippen molar-refractivity contribution in [3.8, 4) is 34.5 Å². The van der Waals surface area contributed by atoms with Crippen molar-refractivity contribution in [1.29, 1.82) is 0 Å². The van der Waals surface area contributed by atoms with Crippen LogP contribution in [0.2, 0.25) is 0 Å². The van der Waals surface area contributed by atoms with E-state index in [2.05, 4.69) is 0 Å². The number of para-hydroxylation sites is 3. The summed E-state index contributed by atoms with van der Waals surface area (Å²) in [5.41, 5.74) is -1.27. The molecule has 4 rings (SSSR count). The first-order chi connectivity index (χ1) is 22.8. The number of benzene rings is 3. The molecule has 1 fully saturated rings. The van der Waals surface area contributed by atoms with Gasteiger partial charge in [0.1, 0.15) is 16.7 Å². The minimum atomic E-state index is -1.68. The van der Waals surface area contributed by atoms with Crippen LogP contribution in [0.1, 0.15) is 31.1 Å². The SMILES string of the molecule is O=C([NH2+][C@H]1COC(=O)[C@@H]([NH2+]C(=O)c2cccc(O)c2O)COC(=O)[C@@H]([NH2+]C(=O)c2cccc(O)c2O)COC1=O)c1cccc(O)c1O. The average Bonchev–Trinajstić information content (AvgIpc) is 3.05. The third kappa shape index (κ3) is 7.94. The van der Waals surface area contributed by atoms with Crippen molar-refractivity contribution in [3.05, 3.63) is 71.3 Å². The number of ether oxygens (including phenoxy) is 3. The quantitative estimate of drug-likeness (QED) is 0.0689. The van der Waals surface area contributed by atoms with Crippen molar-refractivity contribution in [1.82, 2.24) is 0 Å². The van der Waals surface area contributed by atoms with Gasteiger partial charge in [0.25, 0.3) is 0 Å². The standard InChI is InChI=1S/C30H27N3O15/c34-19-7-1-4-13(22(19)37)25(40)31-16-10-46-29(44)18(33-27(42)15-6-3-9-21(36)24(15)39)12-48-30(45)17(11-47-28(16)43)32-26(41)14-5-2-8-20(35)23(14)38/h1-9,16-18,34-39H,10-12H2,(H,31,40)(H,32,41)(H,33,42)/p+3/t16-,17-,18-/m0/s1. The summed E-state index contributed by atoms with van der Waals surface area (Å²) in [6.07, 6.45) is 0. The van der Waals surface area contributed by atoms with E-state index in [1.54, 1.807) is 0 Å². The number of hydrogen-bond donors (Lipinski definition) is 9. The zero-order chi connectivity index (χ0) is 35.1. The van der Waals surface area contributed by atoms with Gasteiger partial charge in [0.2, 0.25) is 18.1 Å². The molecule has 1 aliphatic rings. The lowest BCUT2D eigenvalue weighted by molar-refractivity contribution is -0.595. The van der Waals surface area contributed by atoms with E-state index in [1.807, 2.05) is 0 Å². The molecule has 18 nitrogen and oxygen atoms in total. The van der Waals surface area contributed by atoms with Crippen LogP contribution in [0.4, 0.5) is 0 Å². The molecule has 0 bridgehead atoms. The smallest absolute Gasteiger partial charge is 0.369 e. The van der Waals surface area contributed by atoms with E-state index in [-0.39, 0.29) is 0 Å². The highest BCUT2D eigenvalue weighted by Crippen LogP contribution is 2.29. The molecular weight excluding hydrogens is 642 g/mol. The maximum absolute atomic E-state index is 13.1. The van der Waals surface area contributed by atoms with Crippen LogP contribution in [0.3, 0.4) is 0 Å². The number of cyclic esters (lactones) is 3. The molecule has 3 aromatic carbocycles. The number of hydrogen-bond acceptors (Lipinski definition) is 15. The maximum Gasteiger partial charge on any atom is 0.369 e. The van der Waals surface area contributed by atoms with E-state index in [4.69, 9.17) is 14.2 Å². The van der Waals surface area contributed by atoms with Gasteiger partial charge in [-0.25, -0.2) is 28.8 Å². The number of rotatable bonds is 6. The predicted octanol–water partition coefficient (Wildman–Crippen LogP) is -3.82. The van der Waals surface area contributed by atoms with Gasteiger partial charge in [-0.1, -0.05) is 18.2 Å². The van der Waals surface area contributed by atoms with Gasteiger partial charge >= 0.3 is 35.6 Å². The second-order valence-corrected chi connectivity index (χ2v) is 10.3. The topological polar surface area (TPSA) is 301 Å². The minimum Gasteiger partial charge on any atom is -0.504 e. The Morgan fingerprint density at radius 2 is 0.729 bits per heavy atom. The fourth-order valence-electron chi connectivity index (χ4n) is 4.40. The first-order valence-electron chi connectivity index (χ1n) is 14.0. The molecule has 3 amide bonds. The number of nitrogens with two attached hydrogens (primary N) is 3. The molecule has 1 heterocycles. The molecule has 18 heteroatoms. The highest BCUT2D eigenvalue weighted by atomic mass is 16.6. The summed E-state index contributed by atoms with van der Waals surface area (Å²) in [7, 11) is 0. The van der Waals surface area contributed by atoms with Gasteiger partial charge in [-0.2, -0.15) is 0 Å². The Labute approximate surface area is 269 Å². The normalized spacial score (nSPS) is 18.8. The zero-order valence-electron chi connectivity index (χ0n) is 24.6. The molecule has 0 saturated carbocycles. The summed E-state index contributed by atoms with van der Waals surface area (Å²) in [6, 6.07) is 5.37. The fourth-order valence-corrected chi connectivity index (χ4v) is 4.40. The van der Waals surface area contributed by atoms with Gasteiger partial charge in [-0.15, -0.1) is 0 Å². The third-order valence-corrected chi connectivity index (χ3v) is 7.02. The highest BCUT2D eigenvalue weighted by Gasteiger charge is 2.39. The summed E-state index contributed by atoms with van der Waals surface area (Å²) in [6.45, 7) is -2.59. The Kier molecular flexibility index (Phi) is 10.8. The lowest BCUT2D eigenvalue weighted by Gasteiger charge is -2.20.